The molecule has 2 aromatic rings. The van der Waals surface area contributed by atoms with Crippen LogP contribution in [-0.2, 0) is 16.2 Å². The zero-order valence-electron chi connectivity index (χ0n) is 15.5. The lowest BCUT2D eigenvalue weighted by atomic mass is 9.92. The Morgan fingerprint density at radius 1 is 0.935 bits per heavy atom. The monoisotopic (exact) mass is 465 g/mol. The highest BCUT2D eigenvalue weighted by Gasteiger charge is 2.56. The van der Waals surface area contributed by atoms with E-state index in [-0.39, 0.29) is 22.8 Å². The van der Waals surface area contributed by atoms with Gasteiger partial charge >= 0.3 is 6.18 Å². The Morgan fingerprint density at radius 2 is 1.48 bits per heavy atom. The van der Waals surface area contributed by atoms with Crippen molar-refractivity contribution < 1.29 is 39.2 Å². The standard InChI is InChI=1S/C20H14F7NO2S/c21-15-13(16(22)18(24)14(17(15)23)20(25,26)27)10-5-6-19(7-10)8-12(19)9-1-3-11(4-2-9)31(28,29)30/h1-5,12H,6-8H2,(H2,28,29,30). The number of allylic oxidation sites excluding steroid dienone is 2. The molecule has 0 aromatic heterocycles. The Morgan fingerprint density at radius 3 is 1.97 bits per heavy atom. The molecule has 2 atom stereocenters. The van der Waals surface area contributed by atoms with E-state index in [4.69, 9.17) is 5.14 Å². The van der Waals surface area contributed by atoms with Crippen molar-refractivity contribution in [3.8, 4) is 0 Å². The predicted octanol–water partition coefficient (Wildman–Crippen LogP) is 5.26. The highest BCUT2D eigenvalue weighted by atomic mass is 32.2. The third kappa shape index (κ3) is 3.53. The number of primary sulfonamides is 1. The second-order valence-corrected chi connectivity index (χ2v) is 9.41. The fraction of sp³-hybridized carbons (Fsp3) is 0.300. The van der Waals surface area contributed by atoms with Crippen LogP contribution in [-0.4, -0.2) is 8.42 Å². The topological polar surface area (TPSA) is 60.2 Å². The number of rotatable bonds is 3. The summed E-state index contributed by atoms with van der Waals surface area (Å²) in [5, 5.41) is 5.05. The zero-order chi connectivity index (χ0) is 22.9. The Labute approximate surface area is 172 Å². The van der Waals surface area contributed by atoms with Crippen LogP contribution in [0.4, 0.5) is 30.7 Å². The van der Waals surface area contributed by atoms with Crippen molar-refractivity contribution in [2.24, 2.45) is 10.6 Å². The first-order valence-electron chi connectivity index (χ1n) is 9.01. The number of benzene rings is 2. The maximum atomic E-state index is 14.3. The molecule has 2 aromatic carbocycles. The van der Waals surface area contributed by atoms with E-state index >= 15 is 0 Å². The molecule has 0 radical (unpaired) electrons. The minimum Gasteiger partial charge on any atom is -0.225 e. The SMILES string of the molecule is NS(=O)(=O)c1ccc(C2CC23CC=C(c2c(F)c(F)c(C(F)(F)F)c(F)c2F)C3)cc1. The lowest BCUT2D eigenvalue weighted by Crippen LogP contribution is -2.17. The van der Waals surface area contributed by atoms with Gasteiger partial charge in [0.05, 0.1) is 10.5 Å². The summed E-state index contributed by atoms with van der Waals surface area (Å²) in [6.07, 6.45) is -3.37. The van der Waals surface area contributed by atoms with E-state index in [1.54, 1.807) is 12.1 Å². The molecule has 0 heterocycles. The summed E-state index contributed by atoms with van der Waals surface area (Å²) in [6, 6.07) is 5.74. The quantitative estimate of drug-likeness (QED) is 0.497. The van der Waals surface area contributed by atoms with Crippen LogP contribution in [0, 0.1) is 28.7 Å². The smallest absolute Gasteiger partial charge is 0.225 e. The Balaban J connectivity index is 1.62. The van der Waals surface area contributed by atoms with Gasteiger partial charge < -0.3 is 0 Å². The van der Waals surface area contributed by atoms with Crippen LogP contribution >= 0.6 is 0 Å². The van der Waals surface area contributed by atoms with Gasteiger partial charge in [-0.25, -0.2) is 31.1 Å². The average Bonchev–Trinajstić information content (AvgIpc) is 3.20. The molecule has 2 aliphatic carbocycles. The molecular formula is C20H14F7NO2S. The van der Waals surface area contributed by atoms with Gasteiger partial charge in [-0.05, 0) is 53.9 Å². The first kappa shape index (κ1) is 21.8. The van der Waals surface area contributed by atoms with Gasteiger partial charge in [0.2, 0.25) is 10.0 Å². The third-order valence-electron chi connectivity index (χ3n) is 5.97. The van der Waals surface area contributed by atoms with Crippen LogP contribution in [0.1, 0.15) is 41.9 Å². The summed E-state index contributed by atoms with van der Waals surface area (Å²) in [6.45, 7) is 0. The molecule has 2 unspecified atom stereocenters. The molecule has 1 fully saturated rings. The summed E-state index contributed by atoms with van der Waals surface area (Å²) >= 11 is 0. The second-order valence-electron chi connectivity index (χ2n) is 7.85. The van der Waals surface area contributed by atoms with Crippen LogP contribution in [0.2, 0.25) is 0 Å². The second kappa shape index (κ2) is 6.80. The molecule has 0 saturated heterocycles. The molecule has 0 bridgehead atoms. The minimum absolute atomic E-state index is 0.00664. The van der Waals surface area contributed by atoms with Gasteiger partial charge in [0.15, 0.2) is 23.3 Å². The molecule has 1 spiro atoms. The largest absolute Gasteiger partial charge is 0.422 e. The van der Waals surface area contributed by atoms with Crippen molar-refractivity contribution in [1.29, 1.82) is 0 Å². The number of hydrogen-bond donors (Lipinski definition) is 1. The van der Waals surface area contributed by atoms with Gasteiger partial charge in [-0.15, -0.1) is 0 Å². The summed E-state index contributed by atoms with van der Waals surface area (Å²) < 4.78 is 118. The molecule has 1 saturated carbocycles. The molecule has 2 N–H and O–H groups in total. The van der Waals surface area contributed by atoms with Crippen molar-refractivity contribution in [2.45, 2.75) is 36.3 Å². The van der Waals surface area contributed by atoms with Crippen molar-refractivity contribution in [1.82, 2.24) is 0 Å². The van der Waals surface area contributed by atoms with Gasteiger partial charge in [0, 0.05) is 0 Å². The van der Waals surface area contributed by atoms with Gasteiger partial charge in [-0.1, -0.05) is 18.2 Å². The van der Waals surface area contributed by atoms with Crippen LogP contribution < -0.4 is 5.14 Å². The Hall–Kier alpha value is -2.40. The van der Waals surface area contributed by atoms with E-state index in [0.717, 1.165) is 5.56 Å². The molecule has 166 valence electrons. The highest BCUT2D eigenvalue weighted by Crippen LogP contribution is 2.68. The first-order valence-corrected chi connectivity index (χ1v) is 10.6. The number of alkyl halides is 3. The van der Waals surface area contributed by atoms with Gasteiger partial charge in [0.1, 0.15) is 5.56 Å². The molecule has 3 nitrogen and oxygen atoms in total. The third-order valence-corrected chi connectivity index (χ3v) is 6.90. The van der Waals surface area contributed by atoms with Crippen LogP contribution in [0.3, 0.4) is 0 Å². The van der Waals surface area contributed by atoms with Gasteiger partial charge in [-0.2, -0.15) is 13.2 Å². The Kier molecular flexibility index (Phi) is 4.78. The van der Waals surface area contributed by atoms with Crippen LogP contribution in [0.25, 0.3) is 5.57 Å². The van der Waals surface area contributed by atoms with E-state index in [2.05, 4.69) is 0 Å². The molecule has 2 aliphatic rings. The summed E-state index contributed by atoms with van der Waals surface area (Å²) in [5.41, 5.74) is -3.60. The van der Waals surface area contributed by atoms with E-state index in [1.807, 2.05) is 0 Å². The highest BCUT2D eigenvalue weighted by molar-refractivity contribution is 7.89. The maximum Gasteiger partial charge on any atom is 0.422 e. The molecular weight excluding hydrogens is 451 g/mol. The van der Waals surface area contributed by atoms with Crippen LogP contribution in [0.15, 0.2) is 35.2 Å². The predicted molar refractivity (Wildman–Crippen MR) is 96.1 cm³/mol. The number of hydrogen-bond acceptors (Lipinski definition) is 2. The summed E-state index contributed by atoms with van der Waals surface area (Å²) in [7, 11) is -3.87. The van der Waals surface area contributed by atoms with Gasteiger partial charge in [-0.3, -0.25) is 0 Å². The summed E-state index contributed by atoms with van der Waals surface area (Å²) in [5.74, 6) is -9.23. The number of sulfonamides is 1. The van der Waals surface area contributed by atoms with E-state index in [0.29, 0.717) is 12.8 Å². The normalized spacial score (nSPS) is 23.4. The van der Waals surface area contributed by atoms with E-state index in [9.17, 15) is 39.2 Å². The first-order chi connectivity index (χ1) is 14.3. The molecule has 0 aliphatic heterocycles. The van der Waals surface area contributed by atoms with E-state index in [1.165, 1.54) is 18.2 Å². The zero-order valence-corrected chi connectivity index (χ0v) is 16.3. The van der Waals surface area contributed by atoms with Crippen molar-refractivity contribution in [3.05, 3.63) is 70.3 Å². The number of halogens is 7. The minimum atomic E-state index is -5.59. The van der Waals surface area contributed by atoms with Crippen molar-refractivity contribution >= 4 is 15.6 Å². The molecule has 0 amide bonds. The fourth-order valence-electron chi connectivity index (χ4n) is 4.33. The van der Waals surface area contributed by atoms with Crippen molar-refractivity contribution in [2.75, 3.05) is 0 Å². The number of nitrogens with two attached hydrogens (primary N) is 1. The lowest BCUT2D eigenvalue weighted by molar-refractivity contribution is -0.143. The molecule has 4 rings (SSSR count). The van der Waals surface area contributed by atoms with E-state index < -0.39 is 56.0 Å². The van der Waals surface area contributed by atoms with Crippen LogP contribution in [0.5, 0.6) is 0 Å². The maximum absolute atomic E-state index is 14.3. The van der Waals surface area contributed by atoms with Crippen molar-refractivity contribution in [3.63, 3.8) is 0 Å². The lowest BCUT2D eigenvalue weighted by Gasteiger charge is -2.16. The average molecular weight is 465 g/mol. The molecule has 11 heteroatoms. The van der Waals surface area contributed by atoms with Gasteiger partial charge in [0.25, 0.3) is 0 Å². The molecule has 31 heavy (non-hydrogen) atoms. The Bertz CT molecular complexity index is 1190. The summed E-state index contributed by atoms with van der Waals surface area (Å²) in [4.78, 5) is -0.0870. The fourth-order valence-corrected chi connectivity index (χ4v) is 4.85.